The second-order valence-corrected chi connectivity index (χ2v) is 3.57. The Morgan fingerprint density at radius 3 is 1.84 bits per heavy atom. The number of ketones is 1. The van der Waals surface area contributed by atoms with Crippen molar-refractivity contribution in [3.05, 3.63) is 71.3 Å². The van der Waals surface area contributed by atoms with Crippen LogP contribution < -0.4 is 29.6 Å². The molecule has 0 spiro atoms. The predicted octanol–water partition coefficient (Wildman–Crippen LogP) is -0.553. The molecule has 0 saturated heterocycles. The molecule has 0 heterocycles. The van der Waals surface area contributed by atoms with Crippen LogP contribution >= 0.6 is 0 Å². The van der Waals surface area contributed by atoms with Crippen LogP contribution in [0.2, 0.25) is 0 Å². The Kier molecular flexibility index (Phi) is 8.68. The first-order valence-corrected chi connectivity index (χ1v) is 5.26. The fourth-order valence-corrected chi connectivity index (χ4v) is 1.41. The number of aryl methyl sites for hydroxylation is 1. The average Bonchev–Trinajstić information content (AvgIpc) is 2.41. The van der Waals surface area contributed by atoms with Gasteiger partial charge >= 0.3 is 35.7 Å². The first-order valence-electron chi connectivity index (χ1n) is 5.26. The zero-order valence-corrected chi connectivity index (χ0v) is 12.8. The molecule has 0 N–H and O–H groups in total. The monoisotopic (exact) mass is 262 g/mol. The summed E-state index contributed by atoms with van der Waals surface area (Å²) < 4.78 is 0. The average molecular weight is 262 g/mol. The van der Waals surface area contributed by atoms with Gasteiger partial charge in [-0.2, -0.15) is 39.9 Å². The summed E-state index contributed by atoms with van der Waals surface area (Å²) in [5.41, 5.74) is 2.59. The quantitative estimate of drug-likeness (QED) is 0.414. The second kappa shape index (κ2) is 9.42. The largest absolute Gasteiger partial charge is 1.00 e. The molecule has 2 aromatic carbocycles. The number of benzene rings is 2. The summed E-state index contributed by atoms with van der Waals surface area (Å²) in [6, 6.07) is 17.6. The van der Waals surface area contributed by atoms with Gasteiger partial charge in [0.15, 0.2) is 5.78 Å². The van der Waals surface area contributed by atoms with Gasteiger partial charge in [-0.05, 0) is 6.92 Å². The van der Waals surface area contributed by atoms with Crippen LogP contribution in [0.5, 0.6) is 0 Å². The molecule has 3 nitrogen and oxygen atoms in total. The molecule has 0 aliphatic carbocycles. The van der Waals surface area contributed by atoms with Crippen molar-refractivity contribution in [2.75, 3.05) is 0 Å². The predicted molar refractivity (Wildman–Crippen MR) is 64.9 cm³/mol. The first kappa shape index (κ1) is 17.5. The van der Waals surface area contributed by atoms with Gasteiger partial charge in [0.25, 0.3) is 0 Å². The summed E-state index contributed by atoms with van der Waals surface area (Å²) in [7, 11) is 0. The molecule has 19 heavy (non-hydrogen) atoms. The molecule has 90 valence electrons. The van der Waals surface area contributed by atoms with E-state index in [0.717, 1.165) is 11.1 Å². The molecule has 0 aliphatic heterocycles. The van der Waals surface area contributed by atoms with Crippen molar-refractivity contribution in [1.82, 2.24) is 0 Å². The zero-order chi connectivity index (χ0) is 13.4. The van der Waals surface area contributed by atoms with Crippen molar-refractivity contribution < 1.29 is 43.9 Å². The minimum atomic E-state index is 0. The van der Waals surface area contributed by atoms with Crippen molar-refractivity contribution in [3.63, 3.8) is 0 Å². The van der Waals surface area contributed by atoms with Crippen molar-refractivity contribution in [2.45, 2.75) is 6.92 Å². The van der Waals surface area contributed by atoms with Crippen LogP contribution in [0.3, 0.4) is 0 Å². The smallest absolute Gasteiger partial charge is 0.291 e. The van der Waals surface area contributed by atoms with Crippen LogP contribution in [0.1, 0.15) is 21.5 Å². The van der Waals surface area contributed by atoms with E-state index in [1.807, 2.05) is 31.2 Å². The maximum atomic E-state index is 11.9. The zero-order valence-electron chi connectivity index (χ0n) is 10.8. The summed E-state index contributed by atoms with van der Waals surface area (Å²) in [5, 5.41) is 0. The van der Waals surface area contributed by atoms with Gasteiger partial charge in [0.05, 0.1) is 0 Å². The summed E-state index contributed by atoms with van der Waals surface area (Å²) >= 11 is 0. The molecule has 0 radical (unpaired) electrons. The summed E-state index contributed by atoms with van der Waals surface area (Å²) in [6.45, 7) is 2.01. The molecule has 0 fully saturated rings. The third-order valence-electron chi connectivity index (χ3n) is 2.29. The maximum absolute atomic E-state index is 11.9. The summed E-state index contributed by atoms with van der Waals surface area (Å²) in [6.07, 6.45) is 0.250. The Balaban J connectivity index is 0.000000742. The van der Waals surface area contributed by atoms with E-state index < -0.39 is 0 Å². The second-order valence-electron chi connectivity index (χ2n) is 3.57. The van der Waals surface area contributed by atoms with E-state index in [1.54, 1.807) is 24.3 Å². The standard InChI is InChI=1S/C14H11O.CO2.Na/c1-11-7-9-13(10-8-11)14(15)12-5-3-2-4-6-12;2-1-3;/h3-10H,1H3;;/q-1;;+1. The van der Waals surface area contributed by atoms with Gasteiger partial charge in [-0.25, -0.2) is 0 Å². The summed E-state index contributed by atoms with van der Waals surface area (Å²) in [5.74, 6) is 0.0593. The third-order valence-corrected chi connectivity index (χ3v) is 2.29. The molecule has 0 aromatic heterocycles. The fraction of sp³-hybridized carbons (Fsp3) is 0.0667. The molecule has 2 aromatic rings. The van der Waals surface area contributed by atoms with Crippen LogP contribution in [0, 0.1) is 13.0 Å². The molecule has 0 amide bonds. The maximum Gasteiger partial charge on any atom is 1.00 e. The van der Waals surface area contributed by atoms with Gasteiger partial charge in [0, 0.05) is 5.56 Å². The molecule has 0 aliphatic rings. The van der Waals surface area contributed by atoms with E-state index in [2.05, 4.69) is 6.07 Å². The molecule has 2 rings (SSSR count). The van der Waals surface area contributed by atoms with Gasteiger partial charge in [0.1, 0.15) is 0 Å². The normalized spacial score (nSPS) is 8.26. The molecule has 0 atom stereocenters. The Hall–Kier alpha value is -1.51. The molecular formula is C15H11NaO3. The van der Waals surface area contributed by atoms with Crippen LogP contribution in [-0.4, -0.2) is 11.9 Å². The minimum Gasteiger partial charge on any atom is -0.291 e. The van der Waals surface area contributed by atoms with Crippen LogP contribution in [-0.2, 0) is 9.59 Å². The number of rotatable bonds is 2. The van der Waals surface area contributed by atoms with Crippen LogP contribution in [0.25, 0.3) is 0 Å². The van der Waals surface area contributed by atoms with Gasteiger partial charge in [-0.15, -0.1) is 0 Å². The van der Waals surface area contributed by atoms with E-state index in [9.17, 15) is 4.79 Å². The molecule has 0 saturated carbocycles. The van der Waals surface area contributed by atoms with Gasteiger partial charge in [-0.3, -0.25) is 4.79 Å². The van der Waals surface area contributed by atoms with Gasteiger partial charge < -0.3 is 0 Å². The molecule has 0 unspecified atom stereocenters. The van der Waals surface area contributed by atoms with Gasteiger partial charge in [-0.1, -0.05) is 35.4 Å². The Labute approximate surface area is 133 Å². The third kappa shape index (κ3) is 5.77. The van der Waals surface area contributed by atoms with Gasteiger partial charge in [0.2, 0.25) is 0 Å². The van der Waals surface area contributed by atoms with Crippen molar-refractivity contribution in [1.29, 1.82) is 0 Å². The molecule has 4 heteroatoms. The number of hydrogen-bond acceptors (Lipinski definition) is 3. The molecular weight excluding hydrogens is 251 g/mol. The minimum absolute atomic E-state index is 0. The van der Waals surface area contributed by atoms with Crippen LogP contribution in [0.4, 0.5) is 0 Å². The Morgan fingerprint density at radius 1 is 0.947 bits per heavy atom. The summed E-state index contributed by atoms with van der Waals surface area (Å²) in [4.78, 5) is 28.2. The number of carbonyl (C=O) groups is 1. The van der Waals surface area contributed by atoms with Crippen molar-refractivity contribution in [3.8, 4) is 0 Å². The van der Waals surface area contributed by atoms with Crippen LogP contribution in [0.15, 0.2) is 48.5 Å². The van der Waals surface area contributed by atoms with E-state index in [4.69, 9.17) is 9.59 Å². The Bertz CT molecular complexity index is 541. The van der Waals surface area contributed by atoms with E-state index in [0.29, 0.717) is 5.56 Å². The van der Waals surface area contributed by atoms with E-state index in [-0.39, 0.29) is 41.5 Å². The topological polar surface area (TPSA) is 51.2 Å². The van der Waals surface area contributed by atoms with Crippen molar-refractivity contribution in [2.24, 2.45) is 0 Å². The van der Waals surface area contributed by atoms with E-state index >= 15 is 0 Å². The van der Waals surface area contributed by atoms with E-state index in [1.165, 1.54) is 0 Å². The fourth-order valence-electron chi connectivity index (χ4n) is 1.41. The first-order chi connectivity index (χ1) is 8.69. The molecule has 0 bridgehead atoms. The number of hydrogen-bond donors (Lipinski definition) is 0. The van der Waals surface area contributed by atoms with Crippen molar-refractivity contribution >= 4 is 11.9 Å². The Morgan fingerprint density at radius 2 is 1.37 bits per heavy atom. The number of carbonyl (C=O) groups excluding carboxylic acids is 3. The SMILES string of the molecule is Cc1ccc(C(=O)c2cc[c-]cc2)cc1.O=C=O.[Na+].